The number of aryl methyl sites for hydroxylation is 1. The monoisotopic (exact) mass is 538 g/mol. The molecule has 0 aliphatic rings. The molecule has 0 bridgehead atoms. The first kappa shape index (κ1) is 25.9. The van der Waals surface area contributed by atoms with Crippen LogP contribution in [0, 0.1) is 0 Å². The third-order valence-electron chi connectivity index (χ3n) is 5.43. The van der Waals surface area contributed by atoms with Gasteiger partial charge in [0.25, 0.3) is 5.56 Å². The number of nitrogens with zero attached hydrogens (tertiary/aromatic N) is 4. The highest BCUT2D eigenvalue weighted by Gasteiger charge is 2.31. The Morgan fingerprint density at radius 2 is 1.81 bits per heavy atom. The van der Waals surface area contributed by atoms with Crippen LogP contribution in [0.15, 0.2) is 68.2 Å². The summed E-state index contributed by atoms with van der Waals surface area (Å²) >= 11 is 7.08. The van der Waals surface area contributed by atoms with E-state index in [9.17, 15) is 22.8 Å². The quantitative estimate of drug-likeness (QED) is 0.298. The smallest absolute Gasteiger partial charge is 0.406 e. The van der Waals surface area contributed by atoms with Gasteiger partial charge >= 0.3 is 12.1 Å². The number of aromatic nitrogens is 4. The second-order valence-corrected chi connectivity index (χ2v) is 9.53. The second-order valence-electron chi connectivity index (χ2n) is 8.06. The normalized spacial score (nSPS) is 11.8. The van der Waals surface area contributed by atoms with E-state index in [4.69, 9.17) is 11.6 Å². The molecule has 2 heterocycles. The fourth-order valence-electron chi connectivity index (χ4n) is 3.70. The topological polar surface area (TPSA) is 71.1 Å². The van der Waals surface area contributed by atoms with Gasteiger partial charge in [-0.15, -0.1) is 13.2 Å². The van der Waals surface area contributed by atoms with E-state index < -0.39 is 17.6 Å². The molecule has 0 N–H and O–H groups in total. The van der Waals surface area contributed by atoms with Crippen LogP contribution in [-0.4, -0.2) is 25.0 Å². The van der Waals surface area contributed by atoms with E-state index in [2.05, 4.69) is 9.72 Å². The molecular weight excluding hydrogens is 517 g/mol. The van der Waals surface area contributed by atoms with Gasteiger partial charge in [-0.25, -0.2) is 9.78 Å². The second kappa shape index (κ2) is 10.4. The average molecular weight is 539 g/mol. The Kier molecular flexibility index (Phi) is 7.51. The first-order valence-electron chi connectivity index (χ1n) is 11.1. The van der Waals surface area contributed by atoms with E-state index in [1.807, 2.05) is 6.92 Å². The molecule has 2 aromatic carbocycles. The standard InChI is InChI=1S/C24H22ClF3N4O3S/c1-3-4-12-31-21(33)19-20(30(2)23(31)34)29-22(32(19)14-15-8-10-16(25)11-9-15)36-18-7-5-6-17(13-18)35-24(26,27)28/h5-11,13H,3-4,12,14H2,1-2H3. The van der Waals surface area contributed by atoms with Gasteiger partial charge in [0.05, 0.1) is 6.54 Å². The van der Waals surface area contributed by atoms with E-state index in [-0.39, 0.29) is 30.0 Å². The summed E-state index contributed by atoms with van der Waals surface area (Å²) in [7, 11) is 1.54. The number of unbranched alkanes of at least 4 members (excludes halogenated alkanes) is 1. The lowest BCUT2D eigenvalue weighted by Gasteiger charge is -2.12. The van der Waals surface area contributed by atoms with Crippen LogP contribution in [0.5, 0.6) is 5.75 Å². The minimum atomic E-state index is -4.83. The van der Waals surface area contributed by atoms with Crippen molar-refractivity contribution in [2.45, 2.75) is 49.3 Å². The van der Waals surface area contributed by atoms with Crippen LogP contribution in [0.2, 0.25) is 5.02 Å². The lowest BCUT2D eigenvalue weighted by molar-refractivity contribution is -0.274. The first-order valence-corrected chi connectivity index (χ1v) is 12.2. The van der Waals surface area contributed by atoms with Crippen molar-refractivity contribution in [1.82, 2.24) is 18.7 Å². The van der Waals surface area contributed by atoms with Gasteiger partial charge in [0.2, 0.25) is 0 Å². The minimum Gasteiger partial charge on any atom is -0.406 e. The molecule has 0 amide bonds. The molecule has 36 heavy (non-hydrogen) atoms. The molecule has 0 aliphatic heterocycles. The predicted molar refractivity (Wildman–Crippen MR) is 132 cm³/mol. The number of ether oxygens (including phenoxy) is 1. The molecule has 0 saturated heterocycles. The molecule has 0 atom stereocenters. The van der Waals surface area contributed by atoms with Crippen LogP contribution >= 0.6 is 23.4 Å². The van der Waals surface area contributed by atoms with Crippen molar-refractivity contribution >= 4 is 34.5 Å². The van der Waals surface area contributed by atoms with E-state index >= 15 is 0 Å². The molecule has 0 fully saturated rings. The lowest BCUT2D eigenvalue weighted by atomic mass is 10.2. The Labute approximate surface area is 213 Å². The van der Waals surface area contributed by atoms with Crippen molar-refractivity contribution in [3.8, 4) is 5.75 Å². The summed E-state index contributed by atoms with van der Waals surface area (Å²) < 4.78 is 46.3. The van der Waals surface area contributed by atoms with Gasteiger partial charge < -0.3 is 9.30 Å². The first-order chi connectivity index (χ1) is 17.1. The molecule has 4 rings (SSSR count). The maximum atomic E-state index is 13.5. The van der Waals surface area contributed by atoms with Gasteiger partial charge in [-0.2, -0.15) is 0 Å². The third kappa shape index (κ3) is 5.62. The molecule has 7 nitrogen and oxygen atoms in total. The largest absolute Gasteiger partial charge is 0.573 e. The molecular formula is C24H22ClF3N4O3S. The molecule has 0 radical (unpaired) electrons. The number of fused-ring (bicyclic) bond motifs is 1. The number of hydrogen-bond acceptors (Lipinski definition) is 5. The van der Waals surface area contributed by atoms with E-state index in [1.54, 1.807) is 41.9 Å². The van der Waals surface area contributed by atoms with Crippen molar-refractivity contribution in [1.29, 1.82) is 0 Å². The van der Waals surface area contributed by atoms with Crippen LogP contribution in [0.25, 0.3) is 11.2 Å². The minimum absolute atomic E-state index is 0.192. The van der Waals surface area contributed by atoms with Crippen molar-refractivity contribution in [2.75, 3.05) is 0 Å². The number of imidazole rings is 1. The molecule has 0 saturated carbocycles. The third-order valence-corrected chi connectivity index (χ3v) is 6.67. The van der Waals surface area contributed by atoms with Crippen molar-refractivity contribution in [3.63, 3.8) is 0 Å². The number of alkyl halides is 3. The lowest BCUT2D eigenvalue weighted by Crippen LogP contribution is -2.39. The van der Waals surface area contributed by atoms with Crippen molar-refractivity contribution < 1.29 is 17.9 Å². The maximum absolute atomic E-state index is 13.5. The SMILES string of the molecule is CCCCn1c(=O)c2c(nc(Sc3cccc(OC(F)(F)F)c3)n2Cc2ccc(Cl)cc2)n(C)c1=O. The summed E-state index contributed by atoms with van der Waals surface area (Å²) in [6.07, 6.45) is -3.37. The molecule has 0 unspecified atom stereocenters. The molecule has 2 aromatic heterocycles. The number of rotatable bonds is 8. The van der Waals surface area contributed by atoms with Crippen LogP contribution in [0.4, 0.5) is 13.2 Å². The van der Waals surface area contributed by atoms with Crippen molar-refractivity contribution in [3.05, 3.63) is 80.0 Å². The average Bonchev–Trinajstić information content (AvgIpc) is 3.16. The van der Waals surface area contributed by atoms with Crippen LogP contribution in [0.1, 0.15) is 25.3 Å². The summed E-state index contributed by atoms with van der Waals surface area (Å²) in [5.41, 5.74) is 0.298. The zero-order valence-electron chi connectivity index (χ0n) is 19.4. The Morgan fingerprint density at radius 3 is 2.47 bits per heavy atom. The zero-order chi connectivity index (χ0) is 26.0. The van der Waals surface area contributed by atoms with E-state index in [1.165, 1.54) is 27.3 Å². The highest BCUT2D eigenvalue weighted by Crippen LogP contribution is 2.33. The highest BCUT2D eigenvalue weighted by molar-refractivity contribution is 7.99. The van der Waals surface area contributed by atoms with Gasteiger partial charge in [0, 0.05) is 23.5 Å². The van der Waals surface area contributed by atoms with Crippen molar-refractivity contribution in [2.24, 2.45) is 7.05 Å². The molecule has 190 valence electrons. The van der Waals surface area contributed by atoms with Gasteiger partial charge in [0.15, 0.2) is 16.3 Å². The number of halogens is 4. The Balaban J connectivity index is 1.87. The fourth-order valence-corrected chi connectivity index (χ4v) is 4.76. The Morgan fingerprint density at radius 1 is 1.08 bits per heavy atom. The van der Waals surface area contributed by atoms with E-state index in [0.717, 1.165) is 23.7 Å². The van der Waals surface area contributed by atoms with Gasteiger partial charge in [0.1, 0.15) is 5.75 Å². The Hall–Kier alpha value is -3.18. The van der Waals surface area contributed by atoms with E-state index in [0.29, 0.717) is 21.5 Å². The summed E-state index contributed by atoms with van der Waals surface area (Å²) in [4.78, 5) is 31.3. The summed E-state index contributed by atoms with van der Waals surface area (Å²) in [6, 6.07) is 12.5. The summed E-state index contributed by atoms with van der Waals surface area (Å²) in [6.45, 7) is 2.46. The van der Waals surface area contributed by atoms with Gasteiger partial charge in [-0.3, -0.25) is 13.9 Å². The number of hydrogen-bond donors (Lipinski definition) is 0. The predicted octanol–water partition coefficient (Wildman–Crippen LogP) is 5.45. The fraction of sp³-hybridized carbons (Fsp3) is 0.292. The van der Waals surface area contributed by atoms with Crippen LogP contribution in [-0.2, 0) is 20.1 Å². The number of benzene rings is 2. The van der Waals surface area contributed by atoms with Crippen LogP contribution in [0.3, 0.4) is 0 Å². The molecule has 4 aromatic rings. The van der Waals surface area contributed by atoms with Gasteiger partial charge in [-0.1, -0.05) is 54.9 Å². The van der Waals surface area contributed by atoms with Crippen LogP contribution < -0.4 is 16.0 Å². The maximum Gasteiger partial charge on any atom is 0.573 e. The molecule has 12 heteroatoms. The van der Waals surface area contributed by atoms with Gasteiger partial charge in [-0.05, 0) is 42.3 Å². The zero-order valence-corrected chi connectivity index (χ0v) is 21.0. The molecule has 0 spiro atoms. The highest BCUT2D eigenvalue weighted by atomic mass is 35.5. The molecule has 0 aliphatic carbocycles. The summed E-state index contributed by atoms with van der Waals surface area (Å²) in [5.74, 6) is -0.373. The Bertz CT molecular complexity index is 1510. The summed E-state index contributed by atoms with van der Waals surface area (Å²) in [5, 5.41) is 0.888.